The molecule has 0 unspecified atom stereocenters. The van der Waals surface area contributed by atoms with Gasteiger partial charge in [0, 0.05) is 16.5 Å². The Bertz CT molecular complexity index is 1070. The zero-order valence-corrected chi connectivity index (χ0v) is 12.4. The second kappa shape index (κ2) is 4.64. The van der Waals surface area contributed by atoms with Crippen LogP contribution in [0.2, 0.25) is 0 Å². The van der Waals surface area contributed by atoms with E-state index in [1.54, 1.807) is 6.20 Å². The molecule has 0 saturated heterocycles. The zero-order valence-electron chi connectivity index (χ0n) is 10.8. The van der Waals surface area contributed by atoms with Gasteiger partial charge in [0.15, 0.2) is 4.77 Å². The molecular formula is C14H10N4OS2. The van der Waals surface area contributed by atoms with E-state index in [9.17, 15) is 4.79 Å². The molecule has 0 amide bonds. The highest BCUT2D eigenvalue weighted by Crippen LogP contribution is 2.24. The van der Waals surface area contributed by atoms with Gasteiger partial charge in [0.05, 0.1) is 29.3 Å². The van der Waals surface area contributed by atoms with Gasteiger partial charge in [0.25, 0.3) is 0 Å². The second-order valence-corrected chi connectivity index (χ2v) is 5.96. The summed E-state index contributed by atoms with van der Waals surface area (Å²) in [6, 6.07) is 7.95. The van der Waals surface area contributed by atoms with Crippen molar-refractivity contribution >= 4 is 45.5 Å². The largest absolute Gasteiger partial charge is 0.329 e. The van der Waals surface area contributed by atoms with Crippen molar-refractivity contribution in [2.45, 2.75) is 6.54 Å². The highest BCUT2D eigenvalue weighted by atomic mass is 32.1. The summed E-state index contributed by atoms with van der Waals surface area (Å²) in [5.74, 6) is 0. The van der Waals surface area contributed by atoms with Crippen molar-refractivity contribution in [3.63, 3.8) is 0 Å². The Kier molecular flexibility index (Phi) is 2.76. The summed E-state index contributed by atoms with van der Waals surface area (Å²) in [5, 5.41) is 2.87. The fourth-order valence-corrected chi connectivity index (χ4v) is 3.34. The van der Waals surface area contributed by atoms with Crippen molar-refractivity contribution in [1.29, 1.82) is 0 Å². The van der Waals surface area contributed by atoms with Crippen molar-refractivity contribution in [2.24, 2.45) is 0 Å². The Hall–Kier alpha value is -2.25. The van der Waals surface area contributed by atoms with Gasteiger partial charge in [0.1, 0.15) is 0 Å². The third-order valence-corrected chi connectivity index (χ3v) is 4.44. The molecule has 7 heteroatoms. The lowest BCUT2D eigenvalue weighted by atomic mass is 10.2. The summed E-state index contributed by atoms with van der Waals surface area (Å²) in [6.45, 7) is 0.533. The van der Waals surface area contributed by atoms with Crippen LogP contribution in [-0.2, 0) is 6.54 Å². The number of hydrogen-bond acceptors (Lipinski definition) is 4. The summed E-state index contributed by atoms with van der Waals surface area (Å²) < 4.78 is 2.61. The normalized spacial score (nSPS) is 11.4. The van der Waals surface area contributed by atoms with E-state index in [0.29, 0.717) is 11.3 Å². The number of pyridine rings is 1. The smallest absolute Gasteiger partial charge is 0.304 e. The maximum atomic E-state index is 11.3. The third-order valence-electron chi connectivity index (χ3n) is 3.40. The van der Waals surface area contributed by atoms with Crippen LogP contribution in [0.1, 0.15) is 5.69 Å². The Balaban J connectivity index is 2.03. The molecule has 0 aliphatic carbocycles. The summed E-state index contributed by atoms with van der Waals surface area (Å²) in [6.07, 6.45) is 1.79. The molecule has 21 heavy (non-hydrogen) atoms. The van der Waals surface area contributed by atoms with Gasteiger partial charge in [-0.25, -0.2) is 0 Å². The Labute approximate surface area is 127 Å². The van der Waals surface area contributed by atoms with Crippen molar-refractivity contribution in [1.82, 2.24) is 19.5 Å². The molecule has 0 saturated carbocycles. The number of hydrogen-bond donors (Lipinski definition) is 2. The van der Waals surface area contributed by atoms with E-state index in [1.807, 2.05) is 34.2 Å². The number of H-pyrrole nitrogens is 2. The van der Waals surface area contributed by atoms with E-state index < -0.39 is 0 Å². The van der Waals surface area contributed by atoms with Gasteiger partial charge >= 0.3 is 4.87 Å². The first-order valence-electron chi connectivity index (χ1n) is 6.35. The number of fused-ring (bicyclic) bond motifs is 3. The van der Waals surface area contributed by atoms with Crippen LogP contribution in [0.25, 0.3) is 21.9 Å². The number of thiazole rings is 1. The minimum Gasteiger partial charge on any atom is -0.329 e. The number of nitrogens with zero attached hydrogens (tertiary/aromatic N) is 2. The average molecular weight is 314 g/mol. The zero-order chi connectivity index (χ0) is 14.4. The monoisotopic (exact) mass is 314 g/mol. The van der Waals surface area contributed by atoms with Crippen molar-refractivity contribution < 1.29 is 0 Å². The maximum absolute atomic E-state index is 11.3. The Morgan fingerprint density at radius 2 is 2.14 bits per heavy atom. The molecule has 0 radical (unpaired) electrons. The first-order chi connectivity index (χ1) is 10.2. The summed E-state index contributed by atoms with van der Waals surface area (Å²) >= 11 is 6.57. The van der Waals surface area contributed by atoms with Crippen LogP contribution in [-0.4, -0.2) is 19.5 Å². The number of aromatic nitrogens is 4. The van der Waals surface area contributed by atoms with Gasteiger partial charge in [-0.05, 0) is 18.3 Å². The van der Waals surface area contributed by atoms with Crippen molar-refractivity contribution in [3.8, 4) is 0 Å². The molecule has 3 aromatic heterocycles. The van der Waals surface area contributed by atoms with Gasteiger partial charge < -0.3 is 14.5 Å². The molecule has 0 spiro atoms. The molecule has 0 aliphatic rings. The van der Waals surface area contributed by atoms with Crippen LogP contribution in [0.5, 0.6) is 0 Å². The lowest BCUT2D eigenvalue weighted by Gasteiger charge is -2.05. The number of aromatic amines is 2. The second-order valence-electron chi connectivity index (χ2n) is 4.73. The van der Waals surface area contributed by atoms with Crippen LogP contribution in [0, 0.1) is 4.77 Å². The van der Waals surface area contributed by atoms with Crippen molar-refractivity contribution in [3.05, 3.63) is 56.0 Å². The minimum atomic E-state index is -0.0529. The predicted molar refractivity (Wildman–Crippen MR) is 86.5 cm³/mol. The van der Waals surface area contributed by atoms with Gasteiger partial charge in [-0.2, -0.15) is 0 Å². The van der Waals surface area contributed by atoms with Gasteiger partial charge in [-0.3, -0.25) is 9.78 Å². The Morgan fingerprint density at radius 1 is 1.29 bits per heavy atom. The average Bonchev–Trinajstić information content (AvgIpc) is 3.03. The van der Waals surface area contributed by atoms with Crippen LogP contribution in [0.15, 0.2) is 40.6 Å². The molecule has 2 N–H and O–H groups in total. The number of para-hydroxylation sites is 1. The molecule has 0 fully saturated rings. The van der Waals surface area contributed by atoms with Gasteiger partial charge in [0.2, 0.25) is 0 Å². The SMILES string of the molecule is O=c1[nH]c(Cn2c(=S)[nH]c3cnc4ccccc4c32)cs1. The number of nitrogens with one attached hydrogen (secondary N) is 2. The van der Waals surface area contributed by atoms with E-state index in [2.05, 4.69) is 15.0 Å². The standard InChI is InChI=1S/C14H10N4OS2/c19-14-16-8(7-21-14)6-18-12-9-3-1-2-4-10(9)15-5-11(12)17-13(18)20/h1-5,7H,6H2,(H,16,19)(H,17,20). The molecule has 5 nitrogen and oxygen atoms in total. The van der Waals surface area contributed by atoms with Crippen LogP contribution < -0.4 is 4.87 Å². The van der Waals surface area contributed by atoms with Crippen LogP contribution >= 0.6 is 23.6 Å². The van der Waals surface area contributed by atoms with Crippen molar-refractivity contribution in [2.75, 3.05) is 0 Å². The van der Waals surface area contributed by atoms with Gasteiger partial charge in [-0.1, -0.05) is 29.5 Å². The van der Waals surface area contributed by atoms with E-state index in [-0.39, 0.29) is 4.87 Å². The fourth-order valence-electron chi connectivity index (χ4n) is 2.51. The van der Waals surface area contributed by atoms with E-state index in [1.165, 1.54) is 0 Å². The van der Waals surface area contributed by atoms with E-state index >= 15 is 0 Å². The van der Waals surface area contributed by atoms with Gasteiger partial charge in [-0.15, -0.1) is 0 Å². The maximum Gasteiger partial charge on any atom is 0.304 e. The molecule has 0 bridgehead atoms. The molecule has 0 aliphatic heterocycles. The molecule has 4 aromatic rings. The fraction of sp³-hybridized carbons (Fsp3) is 0.0714. The van der Waals surface area contributed by atoms with E-state index in [0.717, 1.165) is 39.0 Å². The molecule has 104 valence electrons. The van der Waals surface area contributed by atoms with Crippen LogP contribution in [0.4, 0.5) is 0 Å². The van der Waals surface area contributed by atoms with E-state index in [4.69, 9.17) is 12.2 Å². The third kappa shape index (κ3) is 2.01. The molecule has 3 heterocycles. The number of benzene rings is 1. The molecular weight excluding hydrogens is 304 g/mol. The highest BCUT2D eigenvalue weighted by molar-refractivity contribution is 7.71. The topological polar surface area (TPSA) is 66.5 Å². The number of imidazole rings is 1. The minimum absolute atomic E-state index is 0.0529. The highest BCUT2D eigenvalue weighted by Gasteiger charge is 2.10. The predicted octanol–water partition coefficient (Wildman–Crippen LogP) is 3.05. The first kappa shape index (κ1) is 12.5. The number of rotatable bonds is 2. The Morgan fingerprint density at radius 3 is 2.95 bits per heavy atom. The molecule has 4 rings (SSSR count). The lowest BCUT2D eigenvalue weighted by Crippen LogP contribution is -2.03. The first-order valence-corrected chi connectivity index (χ1v) is 7.64. The summed E-state index contributed by atoms with van der Waals surface area (Å²) in [4.78, 5) is 21.7. The van der Waals surface area contributed by atoms with Crippen LogP contribution in [0.3, 0.4) is 0 Å². The quantitative estimate of drug-likeness (QED) is 0.559. The molecule has 1 aromatic carbocycles. The lowest BCUT2D eigenvalue weighted by molar-refractivity contribution is 0.791. The molecule has 0 atom stereocenters. The summed E-state index contributed by atoms with van der Waals surface area (Å²) in [7, 11) is 0. The summed E-state index contributed by atoms with van der Waals surface area (Å²) in [5.41, 5.74) is 3.68.